The molecule has 0 atom stereocenters. The molecule has 1 heterocycles. The third-order valence-electron chi connectivity index (χ3n) is 4.75. The van der Waals surface area contributed by atoms with Gasteiger partial charge in [-0.3, -0.25) is 4.98 Å². The Morgan fingerprint density at radius 2 is 1.53 bits per heavy atom. The number of halogens is 3. The zero-order valence-electron chi connectivity index (χ0n) is 19.2. The first kappa shape index (κ1) is 28.1. The number of pyridine rings is 1. The Balaban J connectivity index is 0.000000269. The van der Waals surface area contributed by atoms with E-state index in [0.29, 0.717) is 5.56 Å². The average Bonchev–Trinajstić information content (AvgIpc) is 2.87. The maximum absolute atomic E-state index is 13.0. The van der Waals surface area contributed by atoms with Crippen molar-refractivity contribution in [3.63, 3.8) is 0 Å². The summed E-state index contributed by atoms with van der Waals surface area (Å²) in [7, 11) is 2.26. The second-order valence-electron chi connectivity index (χ2n) is 6.94. The van der Waals surface area contributed by atoms with E-state index in [0.717, 1.165) is 12.1 Å². The molecule has 0 bridgehead atoms. The molecule has 13 heteroatoms. The van der Waals surface area contributed by atoms with Crippen LogP contribution in [0.25, 0.3) is 11.3 Å². The quantitative estimate of drug-likeness (QED) is 0.340. The van der Waals surface area contributed by atoms with Crippen LogP contribution in [-0.4, -0.2) is 60.5 Å². The molecule has 0 saturated heterocycles. The maximum atomic E-state index is 13.0. The van der Waals surface area contributed by atoms with Gasteiger partial charge in [0.05, 0.1) is 43.7 Å². The Morgan fingerprint density at radius 3 is 2.06 bits per heavy atom. The van der Waals surface area contributed by atoms with E-state index in [2.05, 4.69) is 9.72 Å². The Labute approximate surface area is 203 Å². The minimum Gasteiger partial charge on any atom is -0.497 e. The zero-order chi connectivity index (χ0) is 27.0. The molecule has 36 heavy (non-hydrogen) atoms. The molecule has 0 unspecified atom stereocenters. The van der Waals surface area contributed by atoms with E-state index in [-0.39, 0.29) is 33.8 Å². The van der Waals surface area contributed by atoms with Crippen LogP contribution in [0.3, 0.4) is 0 Å². The number of esters is 1. The van der Waals surface area contributed by atoms with Gasteiger partial charge in [-0.15, -0.1) is 0 Å². The molecule has 3 N–H and O–H groups in total. The third kappa shape index (κ3) is 6.74. The molecule has 9 nitrogen and oxygen atoms in total. The number of nitrogens with zero attached hydrogens (tertiary/aromatic N) is 1. The number of carbonyl (C=O) groups is 2. The van der Waals surface area contributed by atoms with Crippen LogP contribution < -0.4 is 14.9 Å². The van der Waals surface area contributed by atoms with Gasteiger partial charge in [0.15, 0.2) is 0 Å². The average molecular weight is 507 g/mol. The first-order valence-corrected chi connectivity index (χ1v) is 10.0. The predicted molar refractivity (Wildman–Crippen MR) is 122 cm³/mol. The number of hydrogen-bond donors (Lipinski definition) is 3. The lowest BCUT2D eigenvalue weighted by atomic mass is 9.79. The number of alkyl halides is 3. The van der Waals surface area contributed by atoms with Gasteiger partial charge in [0.2, 0.25) is 0 Å². The summed E-state index contributed by atoms with van der Waals surface area (Å²) in [6.07, 6.45) is -3.34. The lowest BCUT2D eigenvalue weighted by molar-refractivity contribution is -0.137. The molecule has 0 aliphatic heterocycles. The molecular weight excluding hydrogens is 486 g/mol. The van der Waals surface area contributed by atoms with E-state index in [1.807, 2.05) is 0 Å². The van der Waals surface area contributed by atoms with E-state index in [1.54, 1.807) is 0 Å². The standard InChI is InChI=1S/C14H10F3NO3.C9H11BO5/c1-21-11-7-8(13(19)20)4-5-9(11)12-10(14(15,16)17)3-2-6-18-12;1-14-8-5-6(9(11)15-2)3-4-7(8)10(12)13/h2-7H,1H3,(H,19,20);3-5,12-13H,1-2H3. The van der Waals surface area contributed by atoms with Crippen molar-refractivity contribution in [2.75, 3.05) is 21.3 Å². The molecule has 0 aliphatic rings. The highest BCUT2D eigenvalue weighted by atomic mass is 19.4. The van der Waals surface area contributed by atoms with Crippen molar-refractivity contribution >= 4 is 24.5 Å². The van der Waals surface area contributed by atoms with Crippen LogP contribution in [0.2, 0.25) is 0 Å². The number of aromatic nitrogens is 1. The van der Waals surface area contributed by atoms with Crippen molar-refractivity contribution in [3.05, 3.63) is 71.4 Å². The number of carboxylic acid groups (broad SMARTS) is 1. The fraction of sp³-hybridized carbons (Fsp3) is 0.174. The highest BCUT2D eigenvalue weighted by molar-refractivity contribution is 6.59. The minimum atomic E-state index is -4.57. The summed E-state index contributed by atoms with van der Waals surface area (Å²) in [5.74, 6) is -1.46. The van der Waals surface area contributed by atoms with Gasteiger partial charge in [0.25, 0.3) is 0 Å². The van der Waals surface area contributed by atoms with E-state index in [9.17, 15) is 22.8 Å². The number of rotatable bonds is 6. The predicted octanol–water partition coefficient (Wildman–Crippen LogP) is 2.64. The monoisotopic (exact) mass is 507 g/mol. The van der Waals surface area contributed by atoms with Crippen LogP contribution in [0, 0.1) is 0 Å². The fourth-order valence-corrected chi connectivity index (χ4v) is 3.04. The smallest absolute Gasteiger partial charge is 0.492 e. The summed E-state index contributed by atoms with van der Waals surface area (Å²) in [4.78, 5) is 25.8. The Morgan fingerprint density at radius 1 is 0.917 bits per heavy atom. The second-order valence-corrected chi connectivity index (χ2v) is 6.94. The van der Waals surface area contributed by atoms with E-state index in [1.165, 1.54) is 63.9 Å². The summed E-state index contributed by atoms with van der Waals surface area (Å²) in [6, 6.07) is 9.93. The molecule has 0 spiro atoms. The SMILES string of the molecule is COC(=O)c1ccc(B(O)O)c(OC)c1.COc1cc(C(=O)O)ccc1-c1ncccc1C(F)(F)F. The Kier molecular flexibility index (Phi) is 9.42. The summed E-state index contributed by atoms with van der Waals surface area (Å²) in [6.45, 7) is 0. The van der Waals surface area contributed by atoms with Gasteiger partial charge in [0.1, 0.15) is 11.5 Å². The number of aromatic carboxylic acids is 1. The van der Waals surface area contributed by atoms with Gasteiger partial charge in [-0.05, 0) is 42.5 Å². The van der Waals surface area contributed by atoms with Crippen LogP contribution in [0.1, 0.15) is 26.3 Å². The second kappa shape index (κ2) is 12.0. The normalized spacial score (nSPS) is 10.6. The van der Waals surface area contributed by atoms with Crippen LogP contribution in [0.15, 0.2) is 54.7 Å². The number of hydrogen-bond acceptors (Lipinski definition) is 8. The lowest BCUT2D eigenvalue weighted by Crippen LogP contribution is -2.31. The van der Waals surface area contributed by atoms with E-state index >= 15 is 0 Å². The Hall–Kier alpha value is -4.10. The molecule has 3 rings (SSSR count). The number of ether oxygens (including phenoxy) is 3. The molecule has 190 valence electrons. The van der Waals surface area contributed by atoms with Crippen molar-refractivity contribution in [2.45, 2.75) is 6.18 Å². The largest absolute Gasteiger partial charge is 0.497 e. The topological polar surface area (TPSA) is 135 Å². The van der Waals surface area contributed by atoms with Gasteiger partial charge in [-0.1, -0.05) is 6.07 Å². The van der Waals surface area contributed by atoms with Crippen molar-refractivity contribution in [1.82, 2.24) is 4.98 Å². The van der Waals surface area contributed by atoms with Crippen molar-refractivity contribution in [3.8, 4) is 22.8 Å². The number of carbonyl (C=O) groups excluding carboxylic acids is 1. The first-order chi connectivity index (χ1) is 16.9. The third-order valence-corrected chi connectivity index (χ3v) is 4.75. The van der Waals surface area contributed by atoms with Gasteiger partial charge >= 0.3 is 25.2 Å². The highest BCUT2D eigenvalue weighted by Crippen LogP contribution is 2.39. The summed E-state index contributed by atoms with van der Waals surface area (Å²) < 4.78 is 53.4. The number of methoxy groups -OCH3 is 3. The van der Waals surface area contributed by atoms with Gasteiger partial charge < -0.3 is 29.4 Å². The molecule has 0 fully saturated rings. The highest BCUT2D eigenvalue weighted by Gasteiger charge is 2.35. The maximum Gasteiger partial charge on any atom is 0.492 e. The van der Waals surface area contributed by atoms with E-state index < -0.39 is 30.8 Å². The Bertz CT molecular complexity index is 1230. The van der Waals surface area contributed by atoms with Gasteiger partial charge in [-0.2, -0.15) is 13.2 Å². The van der Waals surface area contributed by atoms with Gasteiger partial charge in [0, 0.05) is 17.2 Å². The number of benzene rings is 2. The van der Waals surface area contributed by atoms with Crippen molar-refractivity contribution in [2.24, 2.45) is 0 Å². The zero-order valence-corrected chi connectivity index (χ0v) is 19.2. The minimum absolute atomic E-state index is 0.0131. The molecule has 2 aromatic carbocycles. The molecule has 1 aromatic heterocycles. The molecule has 0 aliphatic carbocycles. The van der Waals surface area contributed by atoms with Crippen LogP contribution in [-0.2, 0) is 10.9 Å². The summed E-state index contributed by atoms with van der Waals surface area (Å²) >= 11 is 0. The molecule has 0 saturated carbocycles. The molecule has 0 amide bonds. The van der Waals surface area contributed by atoms with E-state index in [4.69, 9.17) is 24.6 Å². The molecule has 3 aromatic rings. The van der Waals surface area contributed by atoms with Crippen LogP contribution in [0.5, 0.6) is 11.5 Å². The van der Waals surface area contributed by atoms with Crippen LogP contribution >= 0.6 is 0 Å². The summed E-state index contributed by atoms with van der Waals surface area (Å²) in [5.41, 5.74) is -0.732. The lowest BCUT2D eigenvalue weighted by Gasteiger charge is -2.14. The summed E-state index contributed by atoms with van der Waals surface area (Å²) in [5, 5.41) is 26.9. The van der Waals surface area contributed by atoms with Crippen LogP contribution in [0.4, 0.5) is 13.2 Å². The molecular formula is C23H21BF3NO8. The molecule has 0 radical (unpaired) electrons. The van der Waals surface area contributed by atoms with Gasteiger partial charge in [-0.25, -0.2) is 9.59 Å². The van der Waals surface area contributed by atoms with Crippen molar-refractivity contribution in [1.29, 1.82) is 0 Å². The fourth-order valence-electron chi connectivity index (χ4n) is 3.04. The number of carboxylic acids is 1. The first-order valence-electron chi connectivity index (χ1n) is 10.0. The van der Waals surface area contributed by atoms with Crippen molar-refractivity contribution < 1.29 is 52.1 Å².